The van der Waals surface area contributed by atoms with E-state index < -0.39 is 17.7 Å². The minimum Gasteiger partial charge on any atom is -0.387 e. The standard InChI is InChI=1S/C13H15F2N5O2S/c1-20-13(17-18-19-20)23-5-4-12(22)16-7-11(21)8-2-3-9(14)10(15)6-8/h2-3,6,11,21H,4-5,7H2,1H3,(H,16,22). The van der Waals surface area contributed by atoms with Gasteiger partial charge in [0, 0.05) is 25.8 Å². The molecule has 0 spiro atoms. The second kappa shape index (κ2) is 7.97. The van der Waals surface area contributed by atoms with Gasteiger partial charge in [-0.05, 0) is 28.1 Å². The lowest BCUT2D eigenvalue weighted by Crippen LogP contribution is -2.28. The van der Waals surface area contributed by atoms with Gasteiger partial charge < -0.3 is 10.4 Å². The van der Waals surface area contributed by atoms with Crippen molar-refractivity contribution in [3.8, 4) is 0 Å². The van der Waals surface area contributed by atoms with Gasteiger partial charge >= 0.3 is 0 Å². The number of aromatic nitrogens is 4. The molecule has 0 saturated heterocycles. The topological polar surface area (TPSA) is 92.9 Å². The van der Waals surface area contributed by atoms with Crippen molar-refractivity contribution in [3.05, 3.63) is 35.4 Å². The third-order valence-corrected chi connectivity index (χ3v) is 3.97. The highest BCUT2D eigenvalue weighted by Crippen LogP contribution is 2.16. The quantitative estimate of drug-likeness (QED) is 0.723. The first kappa shape index (κ1) is 17.3. The summed E-state index contributed by atoms with van der Waals surface area (Å²) in [4.78, 5) is 11.7. The Morgan fingerprint density at radius 1 is 1.43 bits per heavy atom. The van der Waals surface area contributed by atoms with Crippen LogP contribution in [-0.4, -0.2) is 43.5 Å². The molecule has 10 heteroatoms. The van der Waals surface area contributed by atoms with Crippen LogP contribution in [0.25, 0.3) is 0 Å². The summed E-state index contributed by atoms with van der Waals surface area (Å²) in [5.41, 5.74) is 0.198. The number of benzene rings is 1. The van der Waals surface area contributed by atoms with Crippen LogP contribution in [0.5, 0.6) is 0 Å². The van der Waals surface area contributed by atoms with E-state index in [1.807, 2.05) is 0 Å². The van der Waals surface area contributed by atoms with Gasteiger partial charge in [0.2, 0.25) is 11.1 Å². The number of aliphatic hydroxyl groups is 1. The molecule has 2 rings (SSSR count). The number of thioether (sulfide) groups is 1. The van der Waals surface area contributed by atoms with Gasteiger partial charge in [-0.1, -0.05) is 17.8 Å². The van der Waals surface area contributed by atoms with E-state index in [0.29, 0.717) is 10.9 Å². The zero-order chi connectivity index (χ0) is 16.8. The molecule has 1 aromatic heterocycles. The van der Waals surface area contributed by atoms with Crippen LogP contribution in [0.4, 0.5) is 8.78 Å². The van der Waals surface area contributed by atoms with E-state index in [4.69, 9.17) is 0 Å². The van der Waals surface area contributed by atoms with Crippen molar-refractivity contribution in [1.29, 1.82) is 0 Å². The molecule has 0 fully saturated rings. The number of aryl methyl sites for hydroxylation is 1. The average Bonchev–Trinajstić information content (AvgIpc) is 2.93. The lowest BCUT2D eigenvalue weighted by molar-refractivity contribution is -0.121. The lowest BCUT2D eigenvalue weighted by atomic mass is 10.1. The fourth-order valence-electron chi connectivity index (χ4n) is 1.71. The Bertz CT molecular complexity index is 682. The Hall–Kier alpha value is -2.07. The fourth-order valence-corrected chi connectivity index (χ4v) is 2.50. The van der Waals surface area contributed by atoms with Crippen molar-refractivity contribution in [1.82, 2.24) is 25.5 Å². The smallest absolute Gasteiger partial charge is 0.220 e. The average molecular weight is 343 g/mol. The molecule has 0 aliphatic rings. The minimum absolute atomic E-state index is 0.0832. The summed E-state index contributed by atoms with van der Waals surface area (Å²) in [7, 11) is 1.70. The van der Waals surface area contributed by atoms with Gasteiger partial charge in [0.25, 0.3) is 0 Å². The molecule has 1 heterocycles. The number of carbonyl (C=O) groups is 1. The number of carbonyl (C=O) groups excluding carboxylic acids is 1. The predicted molar refractivity (Wildman–Crippen MR) is 78.5 cm³/mol. The molecule has 2 aromatic rings. The van der Waals surface area contributed by atoms with E-state index in [0.717, 1.165) is 12.1 Å². The normalized spacial score (nSPS) is 12.2. The van der Waals surface area contributed by atoms with Crippen LogP contribution < -0.4 is 5.32 Å². The highest BCUT2D eigenvalue weighted by Gasteiger charge is 2.12. The number of hydrogen-bond acceptors (Lipinski definition) is 6. The summed E-state index contributed by atoms with van der Waals surface area (Å²) in [5.74, 6) is -1.82. The van der Waals surface area contributed by atoms with Gasteiger partial charge in [0.05, 0.1) is 6.10 Å². The Balaban J connectivity index is 1.73. The monoisotopic (exact) mass is 343 g/mol. The maximum Gasteiger partial charge on any atom is 0.220 e. The minimum atomic E-state index is -1.11. The summed E-state index contributed by atoms with van der Waals surface area (Å²) in [6, 6.07) is 3.11. The highest BCUT2D eigenvalue weighted by molar-refractivity contribution is 7.99. The number of nitrogens with one attached hydrogen (secondary N) is 1. The van der Waals surface area contributed by atoms with Crippen molar-refractivity contribution in [3.63, 3.8) is 0 Å². The Morgan fingerprint density at radius 2 is 2.22 bits per heavy atom. The van der Waals surface area contributed by atoms with Crippen LogP contribution in [0.3, 0.4) is 0 Å². The maximum atomic E-state index is 13.1. The molecule has 1 atom stereocenters. The summed E-state index contributed by atoms with van der Waals surface area (Å²) in [5, 5.41) is 23.9. The summed E-state index contributed by atoms with van der Waals surface area (Å²) in [6.07, 6.45) is -0.896. The van der Waals surface area contributed by atoms with Gasteiger partial charge in [-0.3, -0.25) is 4.79 Å². The Kier molecular flexibility index (Phi) is 5.99. The second-order valence-electron chi connectivity index (χ2n) is 4.68. The number of amides is 1. The molecule has 1 unspecified atom stereocenters. The molecule has 0 bridgehead atoms. The number of nitrogens with zero attached hydrogens (tertiary/aromatic N) is 4. The van der Waals surface area contributed by atoms with E-state index in [2.05, 4.69) is 20.8 Å². The SMILES string of the molecule is Cn1nnnc1SCCC(=O)NCC(O)c1ccc(F)c(F)c1. The molecule has 1 amide bonds. The highest BCUT2D eigenvalue weighted by atomic mass is 32.2. The second-order valence-corrected chi connectivity index (χ2v) is 5.74. The van der Waals surface area contributed by atoms with E-state index in [1.165, 1.54) is 22.5 Å². The van der Waals surface area contributed by atoms with Crippen LogP contribution >= 0.6 is 11.8 Å². The maximum absolute atomic E-state index is 13.1. The Morgan fingerprint density at radius 3 is 2.87 bits per heavy atom. The molecule has 7 nitrogen and oxygen atoms in total. The number of hydrogen-bond donors (Lipinski definition) is 2. The van der Waals surface area contributed by atoms with E-state index in [9.17, 15) is 18.7 Å². The van der Waals surface area contributed by atoms with Crippen molar-refractivity contribution in [2.75, 3.05) is 12.3 Å². The van der Waals surface area contributed by atoms with Crippen molar-refractivity contribution >= 4 is 17.7 Å². The molecule has 0 radical (unpaired) electrons. The summed E-state index contributed by atoms with van der Waals surface area (Å²) < 4.78 is 27.4. The molecule has 0 saturated carbocycles. The molecular formula is C13H15F2N5O2S. The van der Waals surface area contributed by atoms with Crippen LogP contribution in [0.1, 0.15) is 18.1 Å². The molecule has 124 valence electrons. The van der Waals surface area contributed by atoms with Gasteiger partial charge in [0.1, 0.15) is 0 Å². The van der Waals surface area contributed by atoms with Crippen LogP contribution in [0.2, 0.25) is 0 Å². The largest absolute Gasteiger partial charge is 0.387 e. The van der Waals surface area contributed by atoms with Gasteiger partial charge in [-0.2, -0.15) is 0 Å². The first-order valence-corrected chi connectivity index (χ1v) is 7.71. The van der Waals surface area contributed by atoms with Gasteiger partial charge in [-0.15, -0.1) is 5.10 Å². The number of halogens is 2. The number of tetrazole rings is 1. The van der Waals surface area contributed by atoms with E-state index >= 15 is 0 Å². The molecule has 1 aromatic carbocycles. The molecule has 0 aliphatic heterocycles. The molecule has 2 N–H and O–H groups in total. The third-order valence-electron chi connectivity index (χ3n) is 2.96. The van der Waals surface area contributed by atoms with Crippen LogP contribution in [-0.2, 0) is 11.8 Å². The summed E-state index contributed by atoms with van der Waals surface area (Å²) in [6.45, 7) is -0.0832. The van der Waals surface area contributed by atoms with Crippen LogP contribution in [0, 0.1) is 11.6 Å². The molecular weight excluding hydrogens is 328 g/mol. The zero-order valence-corrected chi connectivity index (χ0v) is 13.1. The number of aliphatic hydroxyl groups excluding tert-OH is 1. The predicted octanol–water partition coefficient (Wildman–Crippen LogP) is 0.820. The Labute approximate surface area is 135 Å². The van der Waals surface area contributed by atoms with Gasteiger partial charge in [0.15, 0.2) is 11.6 Å². The van der Waals surface area contributed by atoms with Crippen molar-refractivity contribution in [2.24, 2.45) is 7.05 Å². The summed E-state index contributed by atoms with van der Waals surface area (Å²) >= 11 is 1.33. The van der Waals surface area contributed by atoms with Gasteiger partial charge in [-0.25, -0.2) is 13.5 Å². The fraction of sp³-hybridized carbons (Fsp3) is 0.385. The number of rotatable bonds is 7. The third kappa shape index (κ3) is 4.96. The molecule has 23 heavy (non-hydrogen) atoms. The van der Waals surface area contributed by atoms with E-state index in [1.54, 1.807) is 7.05 Å². The van der Waals surface area contributed by atoms with E-state index in [-0.39, 0.29) is 24.4 Å². The molecule has 0 aliphatic carbocycles. The van der Waals surface area contributed by atoms with Crippen molar-refractivity contribution in [2.45, 2.75) is 17.7 Å². The van der Waals surface area contributed by atoms with Crippen LogP contribution in [0.15, 0.2) is 23.4 Å². The lowest BCUT2D eigenvalue weighted by Gasteiger charge is -2.12. The first-order chi connectivity index (χ1) is 11.0. The zero-order valence-electron chi connectivity index (χ0n) is 12.2. The first-order valence-electron chi connectivity index (χ1n) is 6.72. The van der Waals surface area contributed by atoms with Crippen molar-refractivity contribution < 1.29 is 18.7 Å².